The minimum atomic E-state index is 0.00474. The number of nitrogens with one attached hydrogen (secondary N) is 1. The fourth-order valence-electron chi connectivity index (χ4n) is 2.51. The molecule has 1 fully saturated rings. The van der Waals surface area contributed by atoms with Crippen LogP contribution in [-0.2, 0) is 4.79 Å². The summed E-state index contributed by atoms with van der Waals surface area (Å²) < 4.78 is 1.02. The molecule has 1 amide bonds. The lowest BCUT2D eigenvalue weighted by molar-refractivity contribution is -0.123. The van der Waals surface area contributed by atoms with E-state index in [1.807, 2.05) is 31.2 Å². The summed E-state index contributed by atoms with van der Waals surface area (Å²) in [4.78, 5) is 14.3. The van der Waals surface area contributed by atoms with Crippen LogP contribution in [0.3, 0.4) is 0 Å². The number of hydrogen-bond acceptors (Lipinski definition) is 3. The number of hydrogen-bond donors (Lipinski definition) is 2. The molecule has 0 saturated carbocycles. The Bertz CT molecular complexity index is 458. The normalized spacial score (nSPS) is 18.8. The lowest BCUT2D eigenvalue weighted by Gasteiger charge is -2.29. The summed E-state index contributed by atoms with van der Waals surface area (Å²) in [5.74, 6) is 0.0729. The Morgan fingerprint density at radius 3 is 2.75 bits per heavy atom. The second kappa shape index (κ2) is 7.20. The maximum atomic E-state index is 12.1. The van der Waals surface area contributed by atoms with Crippen molar-refractivity contribution in [2.24, 2.45) is 5.73 Å². The Kier molecular flexibility index (Phi) is 5.57. The molecular weight excluding hydrogens is 318 g/mol. The molecule has 0 radical (unpaired) electrons. The van der Waals surface area contributed by atoms with Gasteiger partial charge in [-0.15, -0.1) is 0 Å². The standard InChI is InChI=1S/C15H22BrN3O/c1-11(13-4-2-3-5-14(13)16)18-15(20)10-19-8-6-12(17)7-9-19/h2-5,11-12H,6-10,17H2,1H3,(H,18,20)/t11-/m0/s1. The lowest BCUT2D eigenvalue weighted by atomic mass is 10.1. The van der Waals surface area contributed by atoms with Crippen molar-refractivity contribution in [2.45, 2.75) is 31.8 Å². The summed E-state index contributed by atoms with van der Waals surface area (Å²) in [6, 6.07) is 8.27. The molecule has 2 rings (SSSR count). The summed E-state index contributed by atoms with van der Waals surface area (Å²) in [5, 5.41) is 3.05. The van der Waals surface area contributed by atoms with Crippen molar-refractivity contribution in [1.82, 2.24) is 10.2 Å². The molecule has 0 bridgehead atoms. The molecule has 1 saturated heterocycles. The van der Waals surface area contributed by atoms with E-state index in [1.165, 1.54) is 0 Å². The van der Waals surface area contributed by atoms with E-state index in [9.17, 15) is 4.79 Å². The van der Waals surface area contributed by atoms with Crippen LogP contribution in [0.5, 0.6) is 0 Å². The molecule has 110 valence electrons. The van der Waals surface area contributed by atoms with Crippen LogP contribution >= 0.6 is 15.9 Å². The van der Waals surface area contributed by atoms with E-state index < -0.39 is 0 Å². The Morgan fingerprint density at radius 1 is 1.45 bits per heavy atom. The third-order valence-electron chi connectivity index (χ3n) is 3.75. The number of carbonyl (C=O) groups is 1. The highest BCUT2D eigenvalue weighted by Gasteiger charge is 2.19. The van der Waals surface area contributed by atoms with Gasteiger partial charge in [-0.1, -0.05) is 34.1 Å². The average Bonchev–Trinajstić information content (AvgIpc) is 2.41. The summed E-state index contributed by atoms with van der Waals surface area (Å²) in [5.41, 5.74) is 6.97. The minimum Gasteiger partial charge on any atom is -0.348 e. The van der Waals surface area contributed by atoms with Gasteiger partial charge < -0.3 is 11.1 Å². The lowest BCUT2D eigenvalue weighted by Crippen LogP contribution is -2.44. The zero-order chi connectivity index (χ0) is 14.5. The molecule has 1 heterocycles. The van der Waals surface area contributed by atoms with E-state index in [0.29, 0.717) is 12.6 Å². The van der Waals surface area contributed by atoms with Crippen LogP contribution in [0.15, 0.2) is 28.7 Å². The van der Waals surface area contributed by atoms with E-state index in [-0.39, 0.29) is 11.9 Å². The van der Waals surface area contributed by atoms with E-state index in [2.05, 4.69) is 26.1 Å². The summed E-state index contributed by atoms with van der Waals surface area (Å²) in [7, 11) is 0. The molecule has 1 aromatic rings. The van der Waals surface area contributed by atoms with Crippen molar-refractivity contribution < 1.29 is 4.79 Å². The van der Waals surface area contributed by atoms with Gasteiger partial charge in [-0.3, -0.25) is 9.69 Å². The smallest absolute Gasteiger partial charge is 0.234 e. The van der Waals surface area contributed by atoms with Crippen LogP contribution in [0.25, 0.3) is 0 Å². The van der Waals surface area contributed by atoms with Crippen molar-refractivity contribution in [3.63, 3.8) is 0 Å². The largest absolute Gasteiger partial charge is 0.348 e. The fourth-order valence-corrected chi connectivity index (χ4v) is 3.13. The van der Waals surface area contributed by atoms with E-state index in [4.69, 9.17) is 5.73 Å². The molecule has 0 spiro atoms. The van der Waals surface area contributed by atoms with Gasteiger partial charge in [0.1, 0.15) is 0 Å². The Labute approximate surface area is 128 Å². The van der Waals surface area contributed by atoms with E-state index >= 15 is 0 Å². The molecule has 1 atom stereocenters. The van der Waals surface area contributed by atoms with Crippen LogP contribution in [-0.4, -0.2) is 36.5 Å². The molecule has 20 heavy (non-hydrogen) atoms. The first kappa shape index (κ1) is 15.5. The zero-order valence-corrected chi connectivity index (χ0v) is 13.4. The highest BCUT2D eigenvalue weighted by Crippen LogP contribution is 2.22. The maximum Gasteiger partial charge on any atom is 0.234 e. The van der Waals surface area contributed by atoms with Crippen LogP contribution in [0.4, 0.5) is 0 Å². The van der Waals surface area contributed by atoms with Gasteiger partial charge in [0.15, 0.2) is 0 Å². The number of nitrogens with zero attached hydrogens (tertiary/aromatic N) is 1. The van der Waals surface area contributed by atoms with Gasteiger partial charge in [-0.25, -0.2) is 0 Å². The zero-order valence-electron chi connectivity index (χ0n) is 11.8. The second-order valence-electron chi connectivity index (χ2n) is 5.42. The first-order chi connectivity index (χ1) is 9.56. The molecule has 1 aliphatic heterocycles. The number of rotatable bonds is 4. The predicted octanol–water partition coefficient (Wildman–Crippen LogP) is 2.05. The molecular formula is C15H22BrN3O. The molecule has 0 aromatic heterocycles. The van der Waals surface area contributed by atoms with Crippen molar-refractivity contribution in [2.75, 3.05) is 19.6 Å². The predicted molar refractivity (Wildman–Crippen MR) is 84.3 cm³/mol. The highest BCUT2D eigenvalue weighted by molar-refractivity contribution is 9.10. The average molecular weight is 340 g/mol. The number of piperidine rings is 1. The molecule has 0 unspecified atom stereocenters. The van der Waals surface area contributed by atoms with Gasteiger partial charge in [0.25, 0.3) is 0 Å². The summed E-state index contributed by atoms with van der Waals surface area (Å²) in [6.45, 7) is 4.29. The van der Waals surface area contributed by atoms with Gasteiger partial charge in [-0.05, 0) is 31.4 Å². The molecule has 3 N–H and O–H groups in total. The number of halogens is 1. The minimum absolute atomic E-state index is 0.00474. The third-order valence-corrected chi connectivity index (χ3v) is 4.47. The van der Waals surface area contributed by atoms with Crippen molar-refractivity contribution >= 4 is 21.8 Å². The van der Waals surface area contributed by atoms with Crippen molar-refractivity contribution in [3.8, 4) is 0 Å². The topological polar surface area (TPSA) is 58.4 Å². The van der Waals surface area contributed by atoms with Crippen molar-refractivity contribution in [3.05, 3.63) is 34.3 Å². The molecule has 5 heteroatoms. The van der Waals surface area contributed by atoms with Gasteiger partial charge >= 0.3 is 0 Å². The summed E-state index contributed by atoms with van der Waals surface area (Å²) in [6.07, 6.45) is 1.96. The number of likely N-dealkylation sites (tertiary alicyclic amines) is 1. The van der Waals surface area contributed by atoms with Gasteiger partial charge in [0.05, 0.1) is 12.6 Å². The first-order valence-electron chi connectivity index (χ1n) is 7.08. The Balaban J connectivity index is 1.84. The SMILES string of the molecule is C[C@H](NC(=O)CN1CCC(N)CC1)c1ccccc1Br. The van der Waals surface area contributed by atoms with Crippen LogP contribution in [0.1, 0.15) is 31.4 Å². The van der Waals surface area contributed by atoms with Crippen LogP contribution in [0, 0.1) is 0 Å². The fraction of sp³-hybridized carbons (Fsp3) is 0.533. The monoisotopic (exact) mass is 339 g/mol. The number of amides is 1. The van der Waals surface area contributed by atoms with Crippen molar-refractivity contribution in [1.29, 1.82) is 0 Å². The number of carbonyl (C=O) groups excluding carboxylic acids is 1. The summed E-state index contributed by atoms with van der Waals surface area (Å²) >= 11 is 3.52. The molecule has 4 nitrogen and oxygen atoms in total. The van der Waals surface area contributed by atoms with Crippen LogP contribution in [0.2, 0.25) is 0 Å². The number of benzene rings is 1. The van der Waals surface area contributed by atoms with E-state index in [0.717, 1.165) is 36.0 Å². The quantitative estimate of drug-likeness (QED) is 0.882. The molecule has 1 aliphatic rings. The molecule has 0 aliphatic carbocycles. The van der Waals surface area contributed by atoms with Gasteiger partial charge in [0, 0.05) is 23.6 Å². The van der Waals surface area contributed by atoms with Gasteiger partial charge in [-0.2, -0.15) is 0 Å². The number of nitrogens with two attached hydrogens (primary N) is 1. The second-order valence-corrected chi connectivity index (χ2v) is 6.28. The van der Waals surface area contributed by atoms with Gasteiger partial charge in [0.2, 0.25) is 5.91 Å². The highest BCUT2D eigenvalue weighted by atomic mass is 79.9. The molecule has 1 aromatic carbocycles. The Hall–Kier alpha value is -0.910. The maximum absolute atomic E-state index is 12.1. The first-order valence-corrected chi connectivity index (χ1v) is 7.87. The third kappa shape index (κ3) is 4.30. The van der Waals surface area contributed by atoms with E-state index in [1.54, 1.807) is 0 Å². The van der Waals surface area contributed by atoms with Crippen LogP contribution < -0.4 is 11.1 Å². The Morgan fingerprint density at radius 2 is 2.10 bits per heavy atom.